The number of fused-ring (bicyclic) bond motifs is 1. The van der Waals surface area contributed by atoms with Gasteiger partial charge in [0.05, 0.1) is 0 Å². The quantitative estimate of drug-likeness (QED) is 0.700. The monoisotopic (exact) mass is 278 g/mol. The molecule has 2 rings (SSSR count). The van der Waals surface area contributed by atoms with E-state index in [0.29, 0.717) is 18.2 Å². The van der Waals surface area contributed by atoms with Gasteiger partial charge < -0.3 is 10.6 Å². The standard InChI is InChI=1S/C14H18N2O2S/c1-9(17)16-13(8-19)14(18)15-7-11-6-10-4-2-3-5-12(10)11/h2-5,11,13,19H,6-8H2,1H3,(H,15,18)(H,16,17). The van der Waals surface area contributed by atoms with Gasteiger partial charge in [-0.25, -0.2) is 0 Å². The Hall–Kier alpha value is -1.49. The van der Waals surface area contributed by atoms with E-state index in [9.17, 15) is 9.59 Å². The summed E-state index contributed by atoms with van der Waals surface area (Å²) < 4.78 is 0. The van der Waals surface area contributed by atoms with E-state index in [1.54, 1.807) is 0 Å². The molecule has 1 aliphatic rings. The summed E-state index contributed by atoms with van der Waals surface area (Å²) in [5.74, 6) is 0.294. The molecule has 0 radical (unpaired) electrons. The molecule has 0 spiro atoms. The maximum absolute atomic E-state index is 11.9. The molecule has 4 nitrogen and oxygen atoms in total. The molecule has 0 saturated heterocycles. The molecule has 1 aromatic carbocycles. The number of carbonyl (C=O) groups is 2. The minimum atomic E-state index is -0.559. The fraction of sp³-hybridized carbons (Fsp3) is 0.429. The van der Waals surface area contributed by atoms with Crippen LogP contribution in [0.4, 0.5) is 0 Å². The Morgan fingerprint density at radius 2 is 2.16 bits per heavy atom. The molecule has 2 N–H and O–H groups in total. The van der Waals surface area contributed by atoms with E-state index in [4.69, 9.17) is 0 Å². The molecule has 0 saturated carbocycles. The minimum absolute atomic E-state index is 0.172. The molecule has 2 amide bonds. The molecule has 0 aliphatic heterocycles. The second kappa shape index (κ2) is 6.10. The van der Waals surface area contributed by atoms with E-state index in [0.717, 1.165) is 6.42 Å². The van der Waals surface area contributed by atoms with Crippen molar-refractivity contribution in [1.29, 1.82) is 0 Å². The Morgan fingerprint density at radius 3 is 2.79 bits per heavy atom. The maximum atomic E-state index is 11.9. The highest BCUT2D eigenvalue weighted by Gasteiger charge is 2.26. The molecular weight excluding hydrogens is 260 g/mol. The van der Waals surface area contributed by atoms with Crippen molar-refractivity contribution in [3.05, 3.63) is 35.4 Å². The highest BCUT2D eigenvalue weighted by molar-refractivity contribution is 7.80. The average Bonchev–Trinajstić information content (AvgIpc) is 2.36. The molecule has 0 heterocycles. The zero-order chi connectivity index (χ0) is 13.8. The van der Waals surface area contributed by atoms with Gasteiger partial charge in [-0.3, -0.25) is 9.59 Å². The van der Waals surface area contributed by atoms with Crippen LogP contribution in [-0.4, -0.2) is 30.2 Å². The topological polar surface area (TPSA) is 58.2 Å². The Morgan fingerprint density at radius 1 is 1.42 bits per heavy atom. The average molecular weight is 278 g/mol. The van der Waals surface area contributed by atoms with E-state index in [2.05, 4.69) is 35.4 Å². The van der Waals surface area contributed by atoms with Crippen LogP contribution in [0.15, 0.2) is 24.3 Å². The SMILES string of the molecule is CC(=O)NC(CS)C(=O)NCC1Cc2ccccc21. The molecule has 1 aliphatic carbocycles. The van der Waals surface area contributed by atoms with Crippen LogP contribution in [0.2, 0.25) is 0 Å². The summed E-state index contributed by atoms with van der Waals surface area (Å²) in [4.78, 5) is 22.9. The summed E-state index contributed by atoms with van der Waals surface area (Å²) in [6.45, 7) is 2.01. The zero-order valence-electron chi connectivity index (χ0n) is 10.8. The molecule has 2 atom stereocenters. The molecule has 0 bridgehead atoms. The van der Waals surface area contributed by atoms with Crippen LogP contribution in [0.1, 0.15) is 24.0 Å². The summed E-state index contributed by atoms with van der Waals surface area (Å²) in [6.07, 6.45) is 1.00. The van der Waals surface area contributed by atoms with Crippen molar-refractivity contribution in [2.45, 2.75) is 25.3 Å². The lowest BCUT2D eigenvalue weighted by Crippen LogP contribution is -2.48. The molecule has 1 aromatic rings. The number of benzene rings is 1. The highest BCUT2D eigenvalue weighted by Crippen LogP contribution is 2.33. The predicted octanol–water partition coefficient (Wildman–Crippen LogP) is 0.877. The van der Waals surface area contributed by atoms with E-state index in [1.807, 2.05) is 12.1 Å². The van der Waals surface area contributed by atoms with Gasteiger partial charge in [-0.15, -0.1) is 0 Å². The van der Waals surface area contributed by atoms with Crippen molar-refractivity contribution in [3.8, 4) is 0 Å². The van der Waals surface area contributed by atoms with Gasteiger partial charge in [0.15, 0.2) is 0 Å². The fourth-order valence-electron chi connectivity index (χ4n) is 2.33. The van der Waals surface area contributed by atoms with E-state index in [-0.39, 0.29) is 11.8 Å². The Balaban J connectivity index is 1.83. The first-order valence-electron chi connectivity index (χ1n) is 6.35. The van der Waals surface area contributed by atoms with Gasteiger partial charge in [0.2, 0.25) is 11.8 Å². The lowest BCUT2D eigenvalue weighted by molar-refractivity contribution is -0.127. The van der Waals surface area contributed by atoms with Crippen molar-refractivity contribution in [2.24, 2.45) is 0 Å². The molecule has 0 aromatic heterocycles. The second-order valence-electron chi connectivity index (χ2n) is 4.78. The van der Waals surface area contributed by atoms with Crippen LogP contribution >= 0.6 is 12.6 Å². The largest absolute Gasteiger partial charge is 0.354 e. The molecule has 0 fully saturated rings. The Kier molecular flexibility index (Phi) is 4.47. The number of hydrogen-bond acceptors (Lipinski definition) is 3. The van der Waals surface area contributed by atoms with Gasteiger partial charge in [0.25, 0.3) is 0 Å². The first kappa shape index (κ1) is 13.9. The number of nitrogens with one attached hydrogen (secondary N) is 2. The third-order valence-corrected chi connectivity index (χ3v) is 3.73. The summed E-state index contributed by atoms with van der Waals surface area (Å²) >= 11 is 4.08. The van der Waals surface area contributed by atoms with Gasteiger partial charge in [-0.05, 0) is 17.5 Å². The normalized spacial score (nSPS) is 17.9. The third kappa shape index (κ3) is 3.29. The van der Waals surface area contributed by atoms with Gasteiger partial charge in [-0.1, -0.05) is 24.3 Å². The van der Waals surface area contributed by atoms with Gasteiger partial charge in [0.1, 0.15) is 6.04 Å². The first-order valence-corrected chi connectivity index (χ1v) is 6.98. The number of carbonyl (C=O) groups excluding carboxylic acids is 2. The molecule has 5 heteroatoms. The van der Waals surface area contributed by atoms with Gasteiger partial charge >= 0.3 is 0 Å². The van der Waals surface area contributed by atoms with Crippen LogP contribution < -0.4 is 10.6 Å². The summed E-state index contributed by atoms with van der Waals surface area (Å²) in [7, 11) is 0. The number of thiol groups is 1. The number of amides is 2. The summed E-state index contributed by atoms with van der Waals surface area (Å²) in [6, 6.07) is 7.69. The smallest absolute Gasteiger partial charge is 0.243 e. The van der Waals surface area contributed by atoms with Crippen LogP contribution in [0.3, 0.4) is 0 Å². The van der Waals surface area contributed by atoms with Crippen LogP contribution in [-0.2, 0) is 16.0 Å². The molecule has 2 unspecified atom stereocenters. The van der Waals surface area contributed by atoms with Crippen molar-refractivity contribution >= 4 is 24.4 Å². The van der Waals surface area contributed by atoms with Crippen LogP contribution in [0.5, 0.6) is 0 Å². The van der Waals surface area contributed by atoms with Gasteiger partial charge in [-0.2, -0.15) is 12.6 Å². The van der Waals surface area contributed by atoms with Crippen molar-refractivity contribution in [1.82, 2.24) is 10.6 Å². The Bertz CT molecular complexity index is 490. The summed E-state index contributed by atoms with van der Waals surface area (Å²) in [5, 5.41) is 5.46. The van der Waals surface area contributed by atoms with E-state index in [1.165, 1.54) is 18.1 Å². The lowest BCUT2D eigenvalue weighted by Gasteiger charge is -2.30. The first-order chi connectivity index (χ1) is 9.11. The fourth-order valence-corrected chi connectivity index (χ4v) is 2.59. The van der Waals surface area contributed by atoms with E-state index < -0.39 is 6.04 Å². The zero-order valence-corrected chi connectivity index (χ0v) is 11.7. The number of hydrogen-bond donors (Lipinski definition) is 3. The predicted molar refractivity (Wildman–Crippen MR) is 77.4 cm³/mol. The van der Waals surface area contributed by atoms with Crippen molar-refractivity contribution in [2.75, 3.05) is 12.3 Å². The minimum Gasteiger partial charge on any atom is -0.354 e. The van der Waals surface area contributed by atoms with Crippen LogP contribution in [0, 0.1) is 0 Å². The summed E-state index contributed by atoms with van der Waals surface area (Å²) in [5.41, 5.74) is 2.67. The van der Waals surface area contributed by atoms with Crippen molar-refractivity contribution in [3.63, 3.8) is 0 Å². The third-order valence-electron chi connectivity index (χ3n) is 3.36. The number of rotatable bonds is 5. The molecule has 102 valence electrons. The van der Waals surface area contributed by atoms with E-state index >= 15 is 0 Å². The maximum Gasteiger partial charge on any atom is 0.243 e. The van der Waals surface area contributed by atoms with Crippen LogP contribution in [0.25, 0.3) is 0 Å². The van der Waals surface area contributed by atoms with Gasteiger partial charge in [0, 0.05) is 25.1 Å². The second-order valence-corrected chi connectivity index (χ2v) is 5.15. The molecule has 19 heavy (non-hydrogen) atoms. The molecular formula is C14H18N2O2S. The lowest BCUT2D eigenvalue weighted by atomic mass is 9.77. The Labute approximate surface area is 118 Å². The van der Waals surface area contributed by atoms with Crippen molar-refractivity contribution < 1.29 is 9.59 Å². The highest BCUT2D eigenvalue weighted by atomic mass is 32.1.